The average molecular weight is 184 g/mol. The molecule has 4 aliphatic carbocycles. The van der Waals surface area contributed by atoms with Crippen LogP contribution in [0.15, 0.2) is 0 Å². The van der Waals surface area contributed by atoms with Gasteiger partial charge in [0.1, 0.15) is 5.60 Å². The van der Waals surface area contributed by atoms with Crippen LogP contribution in [0.2, 0.25) is 0 Å². The first-order valence-electron chi connectivity index (χ1n) is 5.52. The third-order valence-electron chi connectivity index (χ3n) is 4.85. The maximum atomic E-state index is 12.6. The third-order valence-corrected chi connectivity index (χ3v) is 4.85. The maximum absolute atomic E-state index is 12.6. The van der Waals surface area contributed by atoms with E-state index in [-0.39, 0.29) is 5.60 Å². The Morgan fingerprint density at radius 1 is 1.15 bits per heavy atom. The van der Waals surface area contributed by atoms with Gasteiger partial charge in [-0.3, -0.25) is 0 Å². The minimum atomic E-state index is -0.344. The van der Waals surface area contributed by atoms with E-state index >= 15 is 0 Å². The van der Waals surface area contributed by atoms with E-state index in [0.717, 1.165) is 42.9 Å². The molecule has 4 aliphatic rings. The van der Waals surface area contributed by atoms with Gasteiger partial charge in [-0.2, -0.15) is 4.94 Å². The fourth-order valence-corrected chi connectivity index (χ4v) is 4.30. The van der Waals surface area contributed by atoms with Crippen LogP contribution in [0.3, 0.4) is 0 Å². The highest BCUT2D eigenvalue weighted by Gasteiger charge is 2.55. The smallest absolute Gasteiger partial charge is 0.110 e. The first-order valence-corrected chi connectivity index (χ1v) is 5.52. The lowest BCUT2D eigenvalue weighted by atomic mass is 9.50. The Kier molecular flexibility index (Phi) is 1.56. The zero-order valence-corrected chi connectivity index (χ0v) is 8.13. The number of hydrogen-bond donors (Lipinski definition) is 0. The first-order chi connectivity index (χ1) is 6.22. The lowest BCUT2D eigenvalue weighted by Crippen LogP contribution is -2.54. The van der Waals surface area contributed by atoms with Crippen LogP contribution in [0.1, 0.15) is 39.0 Å². The van der Waals surface area contributed by atoms with Gasteiger partial charge in [-0.15, -0.1) is 0 Å². The molecule has 0 aliphatic heterocycles. The second-order valence-corrected chi connectivity index (χ2v) is 5.59. The minimum absolute atomic E-state index is 0.344. The molecule has 0 saturated heterocycles. The summed E-state index contributed by atoms with van der Waals surface area (Å²) in [5, 5.41) is 0. The molecule has 4 saturated carbocycles. The van der Waals surface area contributed by atoms with E-state index < -0.39 is 0 Å². The summed E-state index contributed by atoms with van der Waals surface area (Å²) in [5.74, 6) is 3.09. The normalized spacial score (nSPS) is 58.6. The van der Waals surface area contributed by atoms with Gasteiger partial charge in [0.05, 0.1) is 0 Å². The predicted octanol–water partition coefficient (Wildman–Crippen LogP) is 3.10. The largest absolute Gasteiger partial charge is 0.188 e. The highest BCUT2D eigenvalue weighted by atomic mass is 19.3. The Hall–Kier alpha value is -0.110. The summed E-state index contributed by atoms with van der Waals surface area (Å²) in [6, 6.07) is 0. The van der Waals surface area contributed by atoms with Gasteiger partial charge in [0, 0.05) is 0 Å². The average Bonchev–Trinajstić information content (AvgIpc) is 2.13. The Balaban J connectivity index is 1.92. The van der Waals surface area contributed by atoms with E-state index in [1.807, 2.05) is 0 Å². The summed E-state index contributed by atoms with van der Waals surface area (Å²) in [4.78, 5) is 4.30. The van der Waals surface area contributed by atoms with E-state index in [2.05, 4.69) is 11.9 Å². The van der Waals surface area contributed by atoms with Crippen LogP contribution < -0.4 is 0 Å². The quantitative estimate of drug-likeness (QED) is 0.608. The van der Waals surface area contributed by atoms with Gasteiger partial charge in [0.15, 0.2) is 0 Å². The lowest BCUT2D eigenvalue weighted by molar-refractivity contribution is -0.293. The second kappa shape index (κ2) is 2.47. The molecule has 0 heterocycles. The van der Waals surface area contributed by atoms with Gasteiger partial charge < -0.3 is 0 Å². The predicted molar refractivity (Wildman–Crippen MR) is 47.6 cm³/mol. The van der Waals surface area contributed by atoms with E-state index in [9.17, 15) is 4.53 Å². The standard InChI is InChI=1S/C11H17FO/c1-7-9-2-8-3-10(7)6-11(4-8,5-9)13-12/h7-10H,2-6H2,1H3. The Bertz CT molecular complexity index is 212. The number of rotatable bonds is 1. The molecule has 13 heavy (non-hydrogen) atoms. The van der Waals surface area contributed by atoms with E-state index in [1.54, 1.807) is 0 Å². The Labute approximate surface area is 78.6 Å². The summed E-state index contributed by atoms with van der Waals surface area (Å²) < 4.78 is 12.6. The van der Waals surface area contributed by atoms with Crippen LogP contribution in [0, 0.1) is 23.7 Å². The molecule has 0 N–H and O–H groups in total. The molecule has 74 valence electrons. The van der Waals surface area contributed by atoms with E-state index in [1.165, 1.54) is 12.8 Å². The number of halogens is 1. The molecular weight excluding hydrogens is 167 g/mol. The molecule has 0 aromatic heterocycles. The summed E-state index contributed by atoms with van der Waals surface area (Å²) in [6.07, 6.45) is 5.63. The Morgan fingerprint density at radius 2 is 1.77 bits per heavy atom. The highest BCUT2D eigenvalue weighted by Crippen LogP contribution is 2.59. The van der Waals surface area contributed by atoms with Crippen molar-refractivity contribution < 1.29 is 9.47 Å². The zero-order chi connectivity index (χ0) is 9.05. The van der Waals surface area contributed by atoms with Crippen LogP contribution >= 0.6 is 0 Å². The minimum Gasteiger partial charge on any atom is -0.188 e. The Morgan fingerprint density at radius 3 is 2.31 bits per heavy atom. The monoisotopic (exact) mass is 184 g/mol. The van der Waals surface area contributed by atoms with Gasteiger partial charge in [0.2, 0.25) is 0 Å². The van der Waals surface area contributed by atoms with Crippen LogP contribution in [0.5, 0.6) is 0 Å². The summed E-state index contributed by atoms with van der Waals surface area (Å²) in [5.41, 5.74) is -0.344. The molecular formula is C11H17FO. The van der Waals surface area contributed by atoms with Crippen molar-refractivity contribution in [3.63, 3.8) is 0 Å². The summed E-state index contributed by atoms with van der Waals surface area (Å²) in [7, 11) is 0. The highest BCUT2D eigenvalue weighted by molar-refractivity contribution is 5.04. The van der Waals surface area contributed by atoms with Crippen molar-refractivity contribution in [2.45, 2.75) is 44.6 Å². The molecule has 1 nitrogen and oxygen atoms in total. The van der Waals surface area contributed by atoms with Crippen LogP contribution in [-0.4, -0.2) is 5.60 Å². The van der Waals surface area contributed by atoms with Crippen LogP contribution in [0.4, 0.5) is 4.53 Å². The van der Waals surface area contributed by atoms with Crippen molar-refractivity contribution in [3.8, 4) is 0 Å². The molecule has 0 spiro atoms. The van der Waals surface area contributed by atoms with Gasteiger partial charge in [-0.25, -0.2) is 0 Å². The van der Waals surface area contributed by atoms with Crippen molar-refractivity contribution in [2.75, 3.05) is 0 Å². The van der Waals surface area contributed by atoms with Crippen molar-refractivity contribution in [3.05, 3.63) is 0 Å². The fourth-order valence-electron chi connectivity index (χ4n) is 4.30. The first kappa shape index (κ1) is 8.22. The summed E-state index contributed by atoms with van der Waals surface area (Å²) in [6.45, 7) is 2.35. The number of hydrogen-bond acceptors (Lipinski definition) is 1. The molecule has 2 atom stereocenters. The molecule has 4 fully saturated rings. The molecule has 0 aromatic rings. The van der Waals surface area contributed by atoms with Crippen molar-refractivity contribution in [2.24, 2.45) is 23.7 Å². The maximum Gasteiger partial charge on any atom is 0.110 e. The van der Waals surface area contributed by atoms with Gasteiger partial charge >= 0.3 is 0 Å². The van der Waals surface area contributed by atoms with E-state index in [4.69, 9.17) is 0 Å². The van der Waals surface area contributed by atoms with Crippen LogP contribution in [-0.2, 0) is 4.94 Å². The van der Waals surface area contributed by atoms with Crippen molar-refractivity contribution >= 4 is 0 Å². The zero-order valence-electron chi connectivity index (χ0n) is 8.13. The van der Waals surface area contributed by atoms with Crippen molar-refractivity contribution in [1.82, 2.24) is 0 Å². The lowest BCUT2D eigenvalue weighted by Gasteiger charge is -2.57. The second-order valence-electron chi connectivity index (χ2n) is 5.59. The summed E-state index contributed by atoms with van der Waals surface area (Å²) >= 11 is 0. The molecule has 4 bridgehead atoms. The molecule has 2 unspecified atom stereocenters. The van der Waals surface area contributed by atoms with Gasteiger partial charge in [-0.1, -0.05) is 6.92 Å². The van der Waals surface area contributed by atoms with E-state index in [0.29, 0.717) is 0 Å². The van der Waals surface area contributed by atoms with Gasteiger partial charge in [-0.05, 0) is 60.3 Å². The molecule has 4 rings (SSSR count). The van der Waals surface area contributed by atoms with Gasteiger partial charge in [0.25, 0.3) is 0 Å². The molecule has 0 aromatic carbocycles. The topological polar surface area (TPSA) is 9.23 Å². The molecule has 2 heteroatoms. The van der Waals surface area contributed by atoms with Crippen molar-refractivity contribution in [1.29, 1.82) is 0 Å². The molecule has 0 radical (unpaired) electrons. The fraction of sp³-hybridized carbons (Fsp3) is 1.00. The SMILES string of the molecule is CC1C2CC3CC1CC(OF)(C3)C2. The molecule has 0 amide bonds. The van der Waals surface area contributed by atoms with Crippen LogP contribution in [0.25, 0.3) is 0 Å². The third kappa shape index (κ3) is 1.01.